The Labute approximate surface area is 108 Å². The van der Waals surface area contributed by atoms with E-state index in [9.17, 15) is 0 Å². The summed E-state index contributed by atoms with van der Waals surface area (Å²) in [5, 5.41) is 15.8. The smallest absolute Gasteiger partial charge is 0.402 e. The quantitative estimate of drug-likeness (QED) is 0.814. The molecule has 0 aromatic heterocycles. The lowest BCUT2D eigenvalue weighted by Gasteiger charge is -1.98. The first kappa shape index (κ1) is 14.4. The molecule has 0 fully saturated rings. The summed E-state index contributed by atoms with van der Waals surface area (Å²) in [5.74, 6) is 0. The van der Waals surface area contributed by atoms with Gasteiger partial charge >= 0.3 is 7.32 Å². The van der Waals surface area contributed by atoms with E-state index < -0.39 is 7.32 Å². The topological polar surface area (TPSA) is 49.7 Å². The second-order valence-corrected chi connectivity index (χ2v) is 3.51. The first-order chi connectivity index (χ1) is 8.74. The second kappa shape index (κ2) is 8.47. The normalized spacial score (nSPS) is 9.28. The van der Waals surface area contributed by atoms with Crippen LogP contribution in [0.3, 0.4) is 0 Å². The first-order valence-corrected chi connectivity index (χ1v) is 5.82. The highest BCUT2D eigenvalue weighted by molar-refractivity contribution is 6.32. The van der Waals surface area contributed by atoms with Crippen LogP contribution in [0.15, 0.2) is 60.7 Å². The van der Waals surface area contributed by atoms with Gasteiger partial charge in [0.25, 0.3) is 0 Å². The predicted octanol–water partition coefficient (Wildman–Crippen LogP) is 2.35. The van der Waals surface area contributed by atoms with E-state index in [-0.39, 0.29) is 0 Å². The zero-order chi connectivity index (χ0) is 13.2. The molecule has 18 heavy (non-hydrogen) atoms. The lowest BCUT2D eigenvalue weighted by Crippen LogP contribution is -2.15. The third kappa shape index (κ3) is 5.64. The molecular formula is C14H17BO3. The highest BCUT2D eigenvalue weighted by atomic mass is 16.6. The van der Waals surface area contributed by atoms with E-state index in [1.165, 1.54) is 11.1 Å². The van der Waals surface area contributed by atoms with Crippen LogP contribution in [0, 0.1) is 0 Å². The minimum absolute atomic E-state index is 0.331. The van der Waals surface area contributed by atoms with Gasteiger partial charge in [-0.2, -0.15) is 0 Å². The van der Waals surface area contributed by atoms with Gasteiger partial charge in [-0.05, 0) is 18.1 Å². The number of hydrogen-bond donors (Lipinski definition) is 2. The average Bonchev–Trinajstić information content (AvgIpc) is 2.41. The molecule has 4 heteroatoms. The molecule has 0 amide bonds. The number of hydrogen-bond acceptors (Lipinski definition) is 3. The molecule has 0 spiro atoms. The molecule has 94 valence electrons. The van der Waals surface area contributed by atoms with Crippen LogP contribution >= 0.6 is 0 Å². The summed E-state index contributed by atoms with van der Waals surface area (Å²) in [7, 11) is -1.60. The summed E-state index contributed by atoms with van der Waals surface area (Å²) >= 11 is 0. The minimum Gasteiger partial charge on any atom is -0.402 e. The van der Waals surface area contributed by atoms with Crippen LogP contribution in [0.4, 0.5) is 0 Å². The van der Waals surface area contributed by atoms with Gasteiger partial charge in [0.2, 0.25) is 0 Å². The van der Waals surface area contributed by atoms with Crippen LogP contribution in [-0.2, 0) is 4.65 Å². The third-order valence-corrected chi connectivity index (χ3v) is 2.20. The number of benzene rings is 2. The molecule has 0 aliphatic rings. The Morgan fingerprint density at radius 2 is 1.22 bits per heavy atom. The van der Waals surface area contributed by atoms with Crippen LogP contribution in [0.1, 0.15) is 6.92 Å². The molecule has 0 saturated carbocycles. The molecule has 2 aromatic rings. The Bertz CT molecular complexity index is 380. The summed E-state index contributed by atoms with van der Waals surface area (Å²) in [5.41, 5.74) is 2.55. The van der Waals surface area contributed by atoms with E-state index in [0.29, 0.717) is 6.61 Å². The van der Waals surface area contributed by atoms with Crippen molar-refractivity contribution < 1.29 is 14.7 Å². The van der Waals surface area contributed by atoms with Gasteiger partial charge in [-0.25, -0.2) is 0 Å². The predicted molar refractivity (Wildman–Crippen MR) is 73.7 cm³/mol. The molecule has 0 radical (unpaired) electrons. The Hall–Kier alpha value is -1.62. The van der Waals surface area contributed by atoms with Gasteiger partial charge in [0.05, 0.1) is 0 Å². The van der Waals surface area contributed by atoms with Gasteiger partial charge < -0.3 is 14.7 Å². The van der Waals surface area contributed by atoms with Crippen molar-refractivity contribution in [2.75, 3.05) is 6.61 Å². The molecule has 0 atom stereocenters. The molecule has 0 saturated heterocycles. The maximum Gasteiger partial charge on any atom is 0.633 e. The summed E-state index contributed by atoms with van der Waals surface area (Å²) < 4.78 is 4.15. The van der Waals surface area contributed by atoms with Crippen molar-refractivity contribution in [1.82, 2.24) is 0 Å². The molecule has 3 nitrogen and oxygen atoms in total. The first-order valence-electron chi connectivity index (χ1n) is 5.82. The van der Waals surface area contributed by atoms with Crippen LogP contribution in [0.2, 0.25) is 0 Å². The van der Waals surface area contributed by atoms with Crippen molar-refractivity contribution in [3.05, 3.63) is 60.7 Å². The van der Waals surface area contributed by atoms with Crippen LogP contribution in [-0.4, -0.2) is 24.0 Å². The summed E-state index contributed by atoms with van der Waals surface area (Å²) in [6, 6.07) is 20.8. The molecule has 0 unspecified atom stereocenters. The standard InChI is InChI=1S/C12H10.C2H7BO3/c1-3-7-11(8-4-1)12-9-5-2-6-10-12;1-2-6-3(4)5/h1-10H;4-5H,2H2,1H3. The molecule has 2 rings (SSSR count). The van der Waals surface area contributed by atoms with Crippen LogP contribution in [0.25, 0.3) is 11.1 Å². The van der Waals surface area contributed by atoms with Crippen molar-refractivity contribution in [2.45, 2.75) is 6.92 Å². The van der Waals surface area contributed by atoms with Crippen LogP contribution in [0.5, 0.6) is 0 Å². The van der Waals surface area contributed by atoms with E-state index in [4.69, 9.17) is 10.0 Å². The highest BCUT2D eigenvalue weighted by Crippen LogP contribution is 2.17. The van der Waals surface area contributed by atoms with Crippen molar-refractivity contribution in [2.24, 2.45) is 0 Å². The number of rotatable bonds is 3. The van der Waals surface area contributed by atoms with Gasteiger partial charge in [-0.1, -0.05) is 60.7 Å². The van der Waals surface area contributed by atoms with E-state index in [1.807, 2.05) is 12.1 Å². The Kier molecular flexibility index (Phi) is 6.80. The fourth-order valence-corrected chi connectivity index (χ4v) is 1.41. The van der Waals surface area contributed by atoms with Gasteiger partial charge in [0.15, 0.2) is 0 Å². The molecule has 2 aromatic carbocycles. The maximum atomic E-state index is 7.89. The monoisotopic (exact) mass is 244 g/mol. The van der Waals surface area contributed by atoms with E-state index >= 15 is 0 Å². The SMILES string of the molecule is CCOB(O)O.c1ccc(-c2ccccc2)cc1. The van der Waals surface area contributed by atoms with Gasteiger partial charge in [0, 0.05) is 6.61 Å². The fraction of sp³-hybridized carbons (Fsp3) is 0.143. The van der Waals surface area contributed by atoms with Gasteiger partial charge in [-0.3, -0.25) is 0 Å². The lowest BCUT2D eigenvalue weighted by atomic mass is 10.1. The molecule has 0 heterocycles. The zero-order valence-electron chi connectivity index (χ0n) is 10.4. The van der Waals surface area contributed by atoms with E-state index in [1.54, 1.807) is 6.92 Å². The molecular weight excluding hydrogens is 227 g/mol. The molecule has 0 aliphatic carbocycles. The van der Waals surface area contributed by atoms with Crippen molar-refractivity contribution in [1.29, 1.82) is 0 Å². The zero-order valence-corrected chi connectivity index (χ0v) is 10.4. The van der Waals surface area contributed by atoms with Gasteiger partial charge in [-0.15, -0.1) is 0 Å². The third-order valence-electron chi connectivity index (χ3n) is 2.20. The largest absolute Gasteiger partial charge is 0.633 e. The fourth-order valence-electron chi connectivity index (χ4n) is 1.41. The minimum atomic E-state index is -1.60. The second-order valence-electron chi connectivity index (χ2n) is 3.51. The van der Waals surface area contributed by atoms with Crippen molar-refractivity contribution in [3.63, 3.8) is 0 Å². The lowest BCUT2D eigenvalue weighted by molar-refractivity contribution is 0.196. The Morgan fingerprint density at radius 3 is 1.44 bits per heavy atom. The Balaban J connectivity index is 0.000000232. The molecule has 0 bridgehead atoms. The summed E-state index contributed by atoms with van der Waals surface area (Å²) in [4.78, 5) is 0. The summed E-state index contributed by atoms with van der Waals surface area (Å²) in [6.07, 6.45) is 0. The Morgan fingerprint density at radius 1 is 0.833 bits per heavy atom. The van der Waals surface area contributed by atoms with E-state index in [0.717, 1.165) is 0 Å². The van der Waals surface area contributed by atoms with Gasteiger partial charge in [0.1, 0.15) is 0 Å². The van der Waals surface area contributed by atoms with Crippen molar-refractivity contribution >= 4 is 7.32 Å². The van der Waals surface area contributed by atoms with Crippen molar-refractivity contribution in [3.8, 4) is 11.1 Å². The van der Waals surface area contributed by atoms with E-state index in [2.05, 4.69) is 53.2 Å². The highest BCUT2D eigenvalue weighted by Gasteiger charge is 2.03. The molecule has 2 N–H and O–H groups in total. The average molecular weight is 244 g/mol. The van der Waals surface area contributed by atoms with Crippen LogP contribution < -0.4 is 0 Å². The molecule has 0 aliphatic heterocycles. The maximum absolute atomic E-state index is 7.89. The summed E-state index contributed by atoms with van der Waals surface area (Å²) in [6.45, 7) is 2.01.